The van der Waals surface area contributed by atoms with Crippen molar-refractivity contribution >= 4 is 22.5 Å². The Bertz CT molecular complexity index is 127. The topological polar surface area (TPSA) is 12.0 Å². The molecule has 1 N–H and O–H groups in total. The molecule has 0 aliphatic rings. The molecule has 0 aliphatic heterocycles. The van der Waals surface area contributed by atoms with Crippen LogP contribution in [0.2, 0.25) is 0 Å². The molecule has 0 aromatic carbocycles. The predicted molar refractivity (Wildman–Crippen MR) is 63.0 cm³/mol. The first kappa shape index (κ1) is 12.7. The highest BCUT2D eigenvalue weighted by molar-refractivity contribution is 8.69. The molecule has 0 saturated carbocycles. The Morgan fingerprint density at radius 1 is 1.08 bits per heavy atom. The summed E-state index contributed by atoms with van der Waals surface area (Å²) in [5, 5.41) is 3.45. The van der Waals surface area contributed by atoms with Gasteiger partial charge >= 0.3 is 0 Å². The molecule has 0 unspecified atom stereocenters. The predicted octanol–water partition coefficient (Wildman–Crippen LogP) is 2.98. The molecule has 0 atom stereocenters. The average molecular weight is 207 g/mol. The Morgan fingerprint density at radius 2 is 1.58 bits per heavy atom. The molecule has 0 heterocycles. The van der Waals surface area contributed by atoms with E-state index in [0.29, 0.717) is 5.41 Å². The standard InChI is InChI=1S/C9H21NS2/c1-8(2,3)6-10-7-9(4,5)12-11/h10-11H,6-7H2,1-5H3. The summed E-state index contributed by atoms with van der Waals surface area (Å²) in [5.74, 6) is 0. The van der Waals surface area contributed by atoms with Crippen LogP contribution in [0.3, 0.4) is 0 Å². The van der Waals surface area contributed by atoms with Gasteiger partial charge in [0.1, 0.15) is 0 Å². The SMILES string of the molecule is CC(C)(C)CNCC(C)(C)SS. The van der Waals surface area contributed by atoms with Crippen molar-refractivity contribution in [2.45, 2.75) is 39.4 Å². The first-order chi connectivity index (χ1) is 5.27. The van der Waals surface area contributed by atoms with Gasteiger partial charge in [-0.15, -0.1) is 11.7 Å². The average Bonchev–Trinajstić information content (AvgIpc) is 1.84. The molecular weight excluding hydrogens is 186 g/mol. The zero-order valence-corrected chi connectivity index (χ0v) is 10.5. The Hall–Kier alpha value is 0.660. The zero-order valence-electron chi connectivity index (χ0n) is 8.77. The summed E-state index contributed by atoms with van der Waals surface area (Å²) in [6.07, 6.45) is 0. The minimum absolute atomic E-state index is 0.231. The van der Waals surface area contributed by atoms with E-state index in [0.717, 1.165) is 13.1 Å². The van der Waals surface area contributed by atoms with Crippen LogP contribution in [0.5, 0.6) is 0 Å². The normalized spacial score (nSPS) is 13.5. The van der Waals surface area contributed by atoms with E-state index >= 15 is 0 Å². The lowest BCUT2D eigenvalue weighted by molar-refractivity contribution is 0.373. The van der Waals surface area contributed by atoms with Crippen molar-refractivity contribution in [1.82, 2.24) is 5.32 Å². The van der Waals surface area contributed by atoms with Gasteiger partial charge in [-0.25, -0.2) is 0 Å². The largest absolute Gasteiger partial charge is 0.315 e. The molecule has 0 rings (SSSR count). The number of thiol groups is 1. The quantitative estimate of drug-likeness (QED) is 0.543. The van der Waals surface area contributed by atoms with Gasteiger partial charge in [-0.2, -0.15) is 0 Å². The van der Waals surface area contributed by atoms with Crippen molar-refractivity contribution in [3.8, 4) is 0 Å². The second-order valence-electron chi connectivity index (χ2n) is 5.02. The maximum atomic E-state index is 4.22. The van der Waals surface area contributed by atoms with Gasteiger partial charge in [0, 0.05) is 17.8 Å². The van der Waals surface area contributed by atoms with Crippen LogP contribution in [-0.4, -0.2) is 17.8 Å². The summed E-state index contributed by atoms with van der Waals surface area (Å²) in [4.78, 5) is 0. The Kier molecular flexibility index (Phi) is 5.04. The van der Waals surface area contributed by atoms with Crippen LogP contribution in [0.15, 0.2) is 0 Å². The molecule has 3 heteroatoms. The number of rotatable bonds is 4. The van der Waals surface area contributed by atoms with Gasteiger partial charge in [0.2, 0.25) is 0 Å². The van der Waals surface area contributed by atoms with Gasteiger partial charge in [-0.1, -0.05) is 31.6 Å². The Morgan fingerprint density at radius 3 is 1.92 bits per heavy atom. The minimum Gasteiger partial charge on any atom is -0.315 e. The van der Waals surface area contributed by atoms with Crippen molar-refractivity contribution in [2.24, 2.45) is 5.41 Å². The lowest BCUT2D eigenvalue weighted by Gasteiger charge is -2.25. The fraction of sp³-hybridized carbons (Fsp3) is 1.00. The number of nitrogens with one attached hydrogen (secondary N) is 1. The highest BCUT2D eigenvalue weighted by Gasteiger charge is 2.17. The summed E-state index contributed by atoms with van der Waals surface area (Å²) in [7, 11) is 1.61. The second kappa shape index (κ2) is 4.77. The summed E-state index contributed by atoms with van der Waals surface area (Å²) in [6, 6.07) is 0. The van der Waals surface area contributed by atoms with E-state index in [1.165, 1.54) is 0 Å². The van der Waals surface area contributed by atoms with Gasteiger partial charge in [-0.3, -0.25) is 0 Å². The molecule has 0 aromatic rings. The third-order valence-electron chi connectivity index (χ3n) is 1.45. The molecular formula is C9H21NS2. The van der Waals surface area contributed by atoms with Crippen LogP contribution in [0.4, 0.5) is 0 Å². The van der Waals surface area contributed by atoms with Crippen molar-refractivity contribution in [2.75, 3.05) is 13.1 Å². The van der Waals surface area contributed by atoms with Crippen molar-refractivity contribution in [3.05, 3.63) is 0 Å². The summed E-state index contributed by atoms with van der Waals surface area (Å²) in [6.45, 7) is 13.2. The fourth-order valence-electron chi connectivity index (χ4n) is 0.771. The molecule has 0 aliphatic carbocycles. The van der Waals surface area contributed by atoms with Crippen LogP contribution in [-0.2, 0) is 0 Å². The van der Waals surface area contributed by atoms with E-state index in [-0.39, 0.29) is 4.75 Å². The first-order valence-electron chi connectivity index (χ1n) is 4.30. The first-order valence-corrected chi connectivity index (χ1v) is 6.17. The lowest BCUT2D eigenvalue weighted by Crippen LogP contribution is -2.36. The molecule has 0 amide bonds. The zero-order chi connectivity index (χ0) is 9.83. The summed E-state index contributed by atoms with van der Waals surface area (Å²) >= 11 is 4.22. The second-order valence-corrected chi connectivity index (χ2v) is 6.85. The van der Waals surface area contributed by atoms with Gasteiger partial charge in [0.15, 0.2) is 0 Å². The van der Waals surface area contributed by atoms with Crippen LogP contribution >= 0.6 is 22.5 Å². The van der Waals surface area contributed by atoms with Gasteiger partial charge < -0.3 is 5.32 Å². The third-order valence-corrected chi connectivity index (χ3v) is 3.57. The van der Waals surface area contributed by atoms with Crippen LogP contribution in [0.25, 0.3) is 0 Å². The van der Waals surface area contributed by atoms with Crippen molar-refractivity contribution in [1.29, 1.82) is 0 Å². The van der Waals surface area contributed by atoms with Gasteiger partial charge in [0.25, 0.3) is 0 Å². The van der Waals surface area contributed by atoms with E-state index in [2.05, 4.69) is 51.6 Å². The van der Waals surface area contributed by atoms with E-state index in [1.807, 2.05) is 0 Å². The van der Waals surface area contributed by atoms with Gasteiger partial charge in [-0.05, 0) is 19.3 Å². The monoisotopic (exact) mass is 207 g/mol. The number of hydrogen-bond donors (Lipinski definition) is 2. The minimum atomic E-state index is 0.231. The Labute approximate surface area is 85.9 Å². The summed E-state index contributed by atoms with van der Waals surface area (Å²) in [5.41, 5.74) is 0.372. The van der Waals surface area contributed by atoms with Crippen molar-refractivity contribution < 1.29 is 0 Å². The maximum Gasteiger partial charge on any atom is 0.0329 e. The fourth-order valence-corrected chi connectivity index (χ4v) is 1.13. The maximum absolute atomic E-state index is 4.22. The highest BCUT2D eigenvalue weighted by atomic mass is 33.1. The molecule has 0 fully saturated rings. The summed E-state index contributed by atoms with van der Waals surface area (Å²) < 4.78 is 0.231. The van der Waals surface area contributed by atoms with Crippen LogP contribution < -0.4 is 5.32 Å². The van der Waals surface area contributed by atoms with Crippen LogP contribution in [0.1, 0.15) is 34.6 Å². The van der Waals surface area contributed by atoms with E-state index in [9.17, 15) is 0 Å². The molecule has 74 valence electrons. The van der Waals surface area contributed by atoms with E-state index in [1.54, 1.807) is 10.8 Å². The molecule has 0 radical (unpaired) electrons. The Balaban J connectivity index is 3.57. The third kappa shape index (κ3) is 7.32. The van der Waals surface area contributed by atoms with Gasteiger partial charge in [0.05, 0.1) is 0 Å². The molecule has 0 aromatic heterocycles. The van der Waals surface area contributed by atoms with E-state index in [4.69, 9.17) is 0 Å². The lowest BCUT2D eigenvalue weighted by atomic mass is 9.97. The smallest absolute Gasteiger partial charge is 0.0329 e. The molecule has 0 spiro atoms. The van der Waals surface area contributed by atoms with Crippen molar-refractivity contribution in [3.63, 3.8) is 0 Å². The highest BCUT2D eigenvalue weighted by Crippen LogP contribution is 2.26. The molecule has 12 heavy (non-hydrogen) atoms. The van der Waals surface area contributed by atoms with Crippen LogP contribution in [0, 0.1) is 5.41 Å². The van der Waals surface area contributed by atoms with E-state index < -0.39 is 0 Å². The molecule has 1 nitrogen and oxygen atoms in total. The number of hydrogen-bond acceptors (Lipinski definition) is 3. The molecule has 0 saturated heterocycles. The molecule has 0 bridgehead atoms.